The molecule has 21 heavy (non-hydrogen) atoms. The molecule has 1 heterocycles. The Bertz CT molecular complexity index is 606. The number of hydrogen-bond donors (Lipinski definition) is 2. The number of carbonyl (C=O) groups is 1. The molecule has 1 aromatic heterocycles. The van der Waals surface area contributed by atoms with E-state index in [1.165, 1.54) is 6.21 Å². The fourth-order valence-corrected chi connectivity index (χ4v) is 1.89. The summed E-state index contributed by atoms with van der Waals surface area (Å²) in [6.07, 6.45) is 3.69. The predicted octanol–water partition coefficient (Wildman–Crippen LogP) is 2.93. The lowest BCUT2D eigenvalue weighted by atomic mass is 10.1. The predicted molar refractivity (Wildman–Crippen MR) is 83.3 cm³/mol. The first-order chi connectivity index (χ1) is 10.2. The topological polar surface area (TPSA) is 66.6 Å². The monoisotopic (exact) mass is 285 g/mol. The summed E-state index contributed by atoms with van der Waals surface area (Å²) < 4.78 is 5.09. The molecule has 1 unspecified atom stereocenters. The molecule has 0 saturated carbocycles. The first-order valence-electron chi connectivity index (χ1n) is 6.88. The molecule has 0 aliphatic heterocycles. The molecule has 1 atom stereocenters. The zero-order valence-electron chi connectivity index (χ0n) is 12.2. The van der Waals surface area contributed by atoms with Crippen LogP contribution in [0.1, 0.15) is 24.7 Å². The number of anilines is 1. The molecule has 2 N–H and O–H groups in total. The van der Waals surface area contributed by atoms with E-state index in [2.05, 4.69) is 15.8 Å². The third-order valence-electron chi connectivity index (χ3n) is 2.99. The van der Waals surface area contributed by atoms with E-state index in [9.17, 15) is 4.79 Å². The summed E-state index contributed by atoms with van der Waals surface area (Å²) in [4.78, 5) is 12.1. The van der Waals surface area contributed by atoms with Crippen LogP contribution in [0, 0.1) is 6.92 Å². The zero-order chi connectivity index (χ0) is 15.1. The molecule has 2 rings (SSSR count). The minimum Gasteiger partial charge on any atom is -0.463 e. The number of rotatable bonds is 6. The standard InChI is InChI=1S/C16H19N3O2/c1-3-15(18-13-7-4-6-12(2)10-13)16(20)19-17-11-14-8-5-9-21-14/h4-11,15,18H,3H2,1-2H3,(H,19,20)/b17-11-. The Labute approximate surface area is 124 Å². The highest BCUT2D eigenvalue weighted by Gasteiger charge is 2.15. The molecule has 0 spiro atoms. The minimum absolute atomic E-state index is 0.179. The number of hydrogen-bond acceptors (Lipinski definition) is 4. The van der Waals surface area contributed by atoms with Gasteiger partial charge < -0.3 is 9.73 Å². The van der Waals surface area contributed by atoms with Gasteiger partial charge in [0.05, 0.1) is 12.5 Å². The SMILES string of the molecule is CCC(Nc1cccc(C)c1)C(=O)N/N=C\c1ccco1. The molecule has 0 aliphatic carbocycles. The van der Waals surface area contributed by atoms with E-state index in [0.29, 0.717) is 12.2 Å². The Morgan fingerprint density at radius 1 is 1.38 bits per heavy atom. The van der Waals surface area contributed by atoms with Crippen molar-refractivity contribution >= 4 is 17.8 Å². The Hall–Kier alpha value is -2.56. The molecule has 1 aromatic carbocycles. The molecular formula is C16H19N3O2. The molecular weight excluding hydrogens is 266 g/mol. The van der Waals surface area contributed by atoms with Crippen LogP contribution < -0.4 is 10.7 Å². The third kappa shape index (κ3) is 4.49. The number of nitrogens with one attached hydrogen (secondary N) is 2. The molecule has 110 valence electrons. The summed E-state index contributed by atoms with van der Waals surface area (Å²) in [5, 5.41) is 7.09. The smallest absolute Gasteiger partial charge is 0.262 e. The van der Waals surface area contributed by atoms with Gasteiger partial charge in [0.15, 0.2) is 0 Å². The van der Waals surface area contributed by atoms with Crippen LogP contribution in [0.25, 0.3) is 0 Å². The molecule has 2 aromatic rings. The minimum atomic E-state index is -0.333. The molecule has 1 amide bonds. The Morgan fingerprint density at radius 2 is 2.24 bits per heavy atom. The highest BCUT2D eigenvalue weighted by atomic mass is 16.3. The summed E-state index contributed by atoms with van der Waals surface area (Å²) in [5.41, 5.74) is 4.58. The maximum Gasteiger partial charge on any atom is 0.262 e. The van der Waals surface area contributed by atoms with Gasteiger partial charge in [-0.15, -0.1) is 0 Å². The lowest BCUT2D eigenvalue weighted by Crippen LogP contribution is -2.36. The quantitative estimate of drug-likeness (QED) is 0.633. The van der Waals surface area contributed by atoms with E-state index in [1.807, 2.05) is 38.1 Å². The molecule has 0 fully saturated rings. The van der Waals surface area contributed by atoms with Crippen molar-refractivity contribution in [2.24, 2.45) is 5.10 Å². The second-order valence-electron chi connectivity index (χ2n) is 4.72. The van der Waals surface area contributed by atoms with Crippen molar-refractivity contribution < 1.29 is 9.21 Å². The van der Waals surface area contributed by atoms with Crippen LogP contribution in [0.3, 0.4) is 0 Å². The molecule has 0 aliphatic rings. The first-order valence-corrected chi connectivity index (χ1v) is 6.88. The molecule has 5 heteroatoms. The van der Waals surface area contributed by atoms with Gasteiger partial charge in [-0.1, -0.05) is 19.1 Å². The summed E-state index contributed by atoms with van der Waals surface area (Å²) in [6, 6.07) is 11.1. The number of benzene rings is 1. The first kappa shape index (κ1) is 14.8. The van der Waals surface area contributed by atoms with Crippen LogP contribution in [0.15, 0.2) is 52.2 Å². The summed E-state index contributed by atoms with van der Waals surface area (Å²) in [5.74, 6) is 0.414. The normalized spacial score (nSPS) is 12.3. The van der Waals surface area contributed by atoms with Crippen molar-refractivity contribution in [2.75, 3.05) is 5.32 Å². The average molecular weight is 285 g/mol. The van der Waals surface area contributed by atoms with Gasteiger partial charge in [0, 0.05) is 5.69 Å². The van der Waals surface area contributed by atoms with Crippen molar-refractivity contribution in [3.05, 3.63) is 54.0 Å². The Balaban J connectivity index is 1.92. The van der Waals surface area contributed by atoms with E-state index in [-0.39, 0.29) is 11.9 Å². The molecule has 5 nitrogen and oxygen atoms in total. The van der Waals surface area contributed by atoms with Crippen LogP contribution in [-0.2, 0) is 4.79 Å². The van der Waals surface area contributed by atoms with Crippen molar-refractivity contribution in [3.8, 4) is 0 Å². The second kappa shape index (κ2) is 7.28. The maximum absolute atomic E-state index is 12.1. The second-order valence-corrected chi connectivity index (χ2v) is 4.72. The van der Waals surface area contributed by atoms with Crippen molar-refractivity contribution in [2.45, 2.75) is 26.3 Å². The fraction of sp³-hybridized carbons (Fsp3) is 0.250. The lowest BCUT2D eigenvalue weighted by Gasteiger charge is -2.16. The fourth-order valence-electron chi connectivity index (χ4n) is 1.89. The Kier molecular flexibility index (Phi) is 5.15. The number of furan rings is 1. The van der Waals surface area contributed by atoms with E-state index >= 15 is 0 Å². The van der Waals surface area contributed by atoms with Gasteiger partial charge >= 0.3 is 0 Å². The van der Waals surface area contributed by atoms with E-state index in [4.69, 9.17) is 4.42 Å². The maximum atomic E-state index is 12.1. The highest BCUT2D eigenvalue weighted by Crippen LogP contribution is 2.12. The number of aryl methyl sites for hydroxylation is 1. The van der Waals surface area contributed by atoms with Crippen molar-refractivity contribution in [1.29, 1.82) is 0 Å². The van der Waals surface area contributed by atoms with Gasteiger partial charge in [0.2, 0.25) is 0 Å². The van der Waals surface area contributed by atoms with Gasteiger partial charge in [-0.2, -0.15) is 5.10 Å². The summed E-state index contributed by atoms with van der Waals surface area (Å²) in [7, 11) is 0. The van der Waals surface area contributed by atoms with Crippen LogP contribution in [0.4, 0.5) is 5.69 Å². The summed E-state index contributed by atoms with van der Waals surface area (Å²) in [6.45, 7) is 3.96. The van der Waals surface area contributed by atoms with Crippen LogP contribution >= 0.6 is 0 Å². The largest absolute Gasteiger partial charge is 0.463 e. The van der Waals surface area contributed by atoms with E-state index in [1.54, 1.807) is 18.4 Å². The lowest BCUT2D eigenvalue weighted by molar-refractivity contribution is -0.121. The number of amides is 1. The average Bonchev–Trinajstić information content (AvgIpc) is 2.98. The van der Waals surface area contributed by atoms with Crippen molar-refractivity contribution in [1.82, 2.24) is 5.43 Å². The number of carbonyl (C=O) groups excluding carboxylic acids is 1. The molecule has 0 saturated heterocycles. The van der Waals surface area contributed by atoms with Crippen LogP contribution in [-0.4, -0.2) is 18.2 Å². The highest BCUT2D eigenvalue weighted by molar-refractivity contribution is 5.86. The van der Waals surface area contributed by atoms with Gasteiger partial charge in [-0.3, -0.25) is 4.79 Å². The molecule has 0 bridgehead atoms. The number of nitrogens with zero attached hydrogens (tertiary/aromatic N) is 1. The number of hydrazone groups is 1. The van der Waals surface area contributed by atoms with Gasteiger partial charge in [0.1, 0.15) is 11.8 Å². The van der Waals surface area contributed by atoms with Gasteiger partial charge in [-0.25, -0.2) is 5.43 Å². The van der Waals surface area contributed by atoms with Gasteiger partial charge in [-0.05, 0) is 43.2 Å². The Morgan fingerprint density at radius 3 is 2.90 bits per heavy atom. The zero-order valence-corrected chi connectivity index (χ0v) is 12.2. The van der Waals surface area contributed by atoms with Crippen molar-refractivity contribution in [3.63, 3.8) is 0 Å². The van der Waals surface area contributed by atoms with Crippen LogP contribution in [0.5, 0.6) is 0 Å². The van der Waals surface area contributed by atoms with E-state index < -0.39 is 0 Å². The summed E-state index contributed by atoms with van der Waals surface area (Å²) >= 11 is 0. The van der Waals surface area contributed by atoms with Gasteiger partial charge in [0.25, 0.3) is 5.91 Å². The van der Waals surface area contributed by atoms with E-state index in [0.717, 1.165) is 11.3 Å². The third-order valence-corrected chi connectivity index (χ3v) is 2.99. The molecule has 0 radical (unpaired) electrons. The van der Waals surface area contributed by atoms with Crippen LogP contribution in [0.2, 0.25) is 0 Å².